The van der Waals surface area contributed by atoms with Crippen molar-refractivity contribution in [2.45, 2.75) is 32.9 Å². The molecule has 1 atom stereocenters. The molecule has 0 amide bonds. The molecule has 114 valence electrons. The van der Waals surface area contributed by atoms with Crippen LogP contribution in [0.2, 0.25) is 0 Å². The van der Waals surface area contributed by atoms with Crippen LogP contribution in [0.5, 0.6) is 0 Å². The second-order valence-electron chi connectivity index (χ2n) is 5.47. The highest BCUT2D eigenvalue weighted by atomic mass is 32.1. The first-order chi connectivity index (χ1) is 10.3. The summed E-state index contributed by atoms with van der Waals surface area (Å²) in [6, 6.07) is 4.55. The summed E-state index contributed by atoms with van der Waals surface area (Å²) < 4.78 is 5.37. The van der Waals surface area contributed by atoms with Crippen LogP contribution in [0.1, 0.15) is 36.5 Å². The molecule has 1 aliphatic rings. The second-order valence-corrected chi connectivity index (χ2v) is 6.50. The second kappa shape index (κ2) is 6.68. The average Bonchev–Trinajstić information content (AvgIpc) is 3.18. The molecule has 0 N–H and O–H groups in total. The molecule has 0 aromatic carbocycles. The van der Waals surface area contributed by atoms with E-state index in [0.717, 1.165) is 50.9 Å². The van der Waals surface area contributed by atoms with Gasteiger partial charge in [0.1, 0.15) is 0 Å². The number of hydrogen-bond donors (Lipinski definition) is 0. The van der Waals surface area contributed by atoms with Crippen LogP contribution in [0, 0.1) is 0 Å². The summed E-state index contributed by atoms with van der Waals surface area (Å²) >= 11 is 1.84. The summed E-state index contributed by atoms with van der Waals surface area (Å²) in [6.45, 7) is 9.56. The zero-order valence-corrected chi connectivity index (χ0v) is 13.5. The van der Waals surface area contributed by atoms with Crippen molar-refractivity contribution in [1.29, 1.82) is 0 Å². The first-order valence-electron chi connectivity index (χ1n) is 7.57. The van der Waals surface area contributed by atoms with Crippen LogP contribution in [0.3, 0.4) is 0 Å². The lowest BCUT2D eigenvalue weighted by Gasteiger charge is -2.36. The molecule has 3 heterocycles. The van der Waals surface area contributed by atoms with Gasteiger partial charge in [0.2, 0.25) is 5.89 Å². The predicted molar refractivity (Wildman–Crippen MR) is 83.3 cm³/mol. The van der Waals surface area contributed by atoms with Gasteiger partial charge in [-0.05, 0) is 18.4 Å². The van der Waals surface area contributed by atoms with Crippen molar-refractivity contribution >= 4 is 11.3 Å². The minimum absolute atomic E-state index is 0.210. The van der Waals surface area contributed by atoms with Crippen molar-refractivity contribution in [2.24, 2.45) is 0 Å². The molecule has 0 radical (unpaired) electrons. The van der Waals surface area contributed by atoms with Crippen LogP contribution >= 0.6 is 11.3 Å². The smallest absolute Gasteiger partial charge is 0.243 e. The third-order valence-electron chi connectivity index (χ3n) is 4.07. The molecular formula is C15H22N4OS. The van der Waals surface area contributed by atoms with Gasteiger partial charge < -0.3 is 4.52 Å². The topological polar surface area (TPSA) is 45.4 Å². The highest BCUT2D eigenvalue weighted by Crippen LogP contribution is 2.21. The molecule has 5 nitrogen and oxygen atoms in total. The van der Waals surface area contributed by atoms with E-state index in [9.17, 15) is 0 Å². The summed E-state index contributed by atoms with van der Waals surface area (Å²) in [7, 11) is 0. The van der Waals surface area contributed by atoms with Gasteiger partial charge in [-0.2, -0.15) is 4.98 Å². The van der Waals surface area contributed by atoms with Crippen molar-refractivity contribution in [1.82, 2.24) is 19.9 Å². The molecule has 0 saturated carbocycles. The maximum Gasteiger partial charge on any atom is 0.243 e. The monoisotopic (exact) mass is 306 g/mol. The highest BCUT2D eigenvalue weighted by Gasteiger charge is 2.25. The van der Waals surface area contributed by atoms with E-state index in [1.807, 2.05) is 18.3 Å². The fourth-order valence-corrected chi connectivity index (χ4v) is 3.41. The van der Waals surface area contributed by atoms with Crippen molar-refractivity contribution in [3.63, 3.8) is 0 Å². The lowest BCUT2D eigenvalue weighted by atomic mass is 10.2. The largest absolute Gasteiger partial charge is 0.338 e. The van der Waals surface area contributed by atoms with Gasteiger partial charge in [0.05, 0.1) is 6.04 Å². The Morgan fingerprint density at radius 2 is 2.14 bits per heavy atom. The predicted octanol–water partition coefficient (Wildman–Crippen LogP) is 2.57. The Morgan fingerprint density at radius 3 is 2.76 bits per heavy atom. The minimum atomic E-state index is 0.210. The highest BCUT2D eigenvalue weighted by molar-refractivity contribution is 7.09. The van der Waals surface area contributed by atoms with Gasteiger partial charge in [0.25, 0.3) is 0 Å². The van der Waals surface area contributed by atoms with E-state index in [2.05, 4.69) is 44.4 Å². The summed E-state index contributed by atoms with van der Waals surface area (Å²) in [4.78, 5) is 10.8. The van der Waals surface area contributed by atoms with Gasteiger partial charge >= 0.3 is 0 Å². The molecule has 2 aromatic rings. The van der Waals surface area contributed by atoms with E-state index in [-0.39, 0.29) is 6.04 Å². The fourth-order valence-electron chi connectivity index (χ4n) is 2.67. The van der Waals surface area contributed by atoms with E-state index < -0.39 is 0 Å². The standard InChI is InChI=1S/C15H22N4OS/c1-3-14-16-15(20-17-14)12(2)19-8-6-18(7-9-19)11-13-5-4-10-21-13/h4-5,10,12H,3,6-9,11H2,1-2H3. The van der Waals surface area contributed by atoms with E-state index in [1.54, 1.807) is 0 Å². The Balaban J connectivity index is 1.52. The van der Waals surface area contributed by atoms with Crippen molar-refractivity contribution in [3.8, 4) is 0 Å². The van der Waals surface area contributed by atoms with Crippen molar-refractivity contribution in [3.05, 3.63) is 34.1 Å². The van der Waals surface area contributed by atoms with Crippen molar-refractivity contribution in [2.75, 3.05) is 26.2 Å². The molecule has 2 aromatic heterocycles. The Labute approximate surface area is 129 Å². The molecule has 0 bridgehead atoms. The number of piperazine rings is 1. The van der Waals surface area contributed by atoms with Crippen LogP contribution in [0.4, 0.5) is 0 Å². The van der Waals surface area contributed by atoms with Crippen LogP contribution in [0.15, 0.2) is 22.0 Å². The first-order valence-corrected chi connectivity index (χ1v) is 8.45. The number of aryl methyl sites for hydroxylation is 1. The van der Waals surface area contributed by atoms with Crippen LogP contribution in [-0.4, -0.2) is 46.1 Å². The molecule has 3 rings (SSSR count). The Bertz CT molecular complexity index is 546. The molecule has 0 spiro atoms. The molecule has 6 heteroatoms. The van der Waals surface area contributed by atoms with Gasteiger partial charge in [-0.3, -0.25) is 9.80 Å². The van der Waals surface area contributed by atoms with E-state index in [1.165, 1.54) is 4.88 Å². The zero-order chi connectivity index (χ0) is 14.7. The third kappa shape index (κ3) is 3.51. The van der Waals surface area contributed by atoms with Gasteiger partial charge in [0.15, 0.2) is 5.82 Å². The molecule has 1 saturated heterocycles. The molecule has 1 unspecified atom stereocenters. The summed E-state index contributed by atoms with van der Waals surface area (Å²) in [5.74, 6) is 1.55. The molecule has 1 aliphatic heterocycles. The molecule has 1 fully saturated rings. The maximum atomic E-state index is 5.37. The van der Waals surface area contributed by atoms with E-state index in [4.69, 9.17) is 4.52 Å². The SMILES string of the molecule is CCc1noc(C(C)N2CCN(Cc3cccs3)CC2)n1. The zero-order valence-electron chi connectivity index (χ0n) is 12.7. The number of thiophene rings is 1. The lowest BCUT2D eigenvalue weighted by Crippen LogP contribution is -2.46. The van der Waals surface area contributed by atoms with Gasteiger partial charge in [-0.15, -0.1) is 11.3 Å². The van der Waals surface area contributed by atoms with Gasteiger partial charge in [0, 0.05) is 44.0 Å². The van der Waals surface area contributed by atoms with Gasteiger partial charge in [-0.1, -0.05) is 18.1 Å². The average molecular weight is 306 g/mol. The molecule has 21 heavy (non-hydrogen) atoms. The first kappa shape index (κ1) is 14.7. The van der Waals surface area contributed by atoms with Crippen molar-refractivity contribution < 1.29 is 4.52 Å². The fraction of sp³-hybridized carbons (Fsp3) is 0.600. The molecule has 0 aliphatic carbocycles. The number of nitrogens with zero attached hydrogens (tertiary/aromatic N) is 4. The molecular weight excluding hydrogens is 284 g/mol. The maximum absolute atomic E-state index is 5.37. The van der Waals surface area contributed by atoms with Crippen LogP contribution < -0.4 is 0 Å². The summed E-state index contributed by atoms with van der Waals surface area (Å²) in [6.07, 6.45) is 0.824. The lowest BCUT2D eigenvalue weighted by molar-refractivity contribution is 0.0850. The van der Waals surface area contributed by atoms with E-state index >= 15 is 0 Å². The number of hydrogen-bond acceptors (Lipinski definition) is 6. The Morgan fingerprint density at radius 1 is 1.33 bits per heavy atom. The van der Waals surface area contributed by atoms with Gasteiger partial charge in [-0.25, -0.2) is 0 Å². The number of aromatic nitrogens is 2. The van der Waals surface area contributed by atoms with Crippen LogP contribution in [-0.2, 0) is 13.0 Å². The number of rotatable bonds is 5. The third-order valence-corrected chi connectivity index (χ3v) is 4.93. The Hall–Kier alpha value is -1.24. The van der Waals surface area contributed by atoms with Crippen LogP contribution in [0.25, 0.3) is 0 Å². The summed E-state index contributed by atoms with van der Waals surface area (Å²) in [5.41, 5.74) is 0. The summed E-state index contributed by atoms with van der Waals surface area (Å²) in [5, 5.41) is 6.14. The van der Waals surface area contributed by atoms with E-state index in [0.29, 0.717) is 0 Å². The quantitative estimate of drug-likeness (QED) is 0.849. The minimum Gasteiger partial charge on any atom is -0.338 e. The Kier molecular flexibility index (Phi) is 4.67. The normalized spacial score (nSPS) is 19.0.